The van der Waals surface area contributed by atoms with E-state index in [1.165, 1.54) is 30.0 Å². The first kappa shape index (κ1) is 31.4. The number of hydrogen-bond acceptors (Lipinski definition) is 3. The van der Waals surface area contributed by atoms with Gasteiger partial charge < -0.3 is 15.1 Å². The highest BCUT2D eigenvalue weighted by atomic mass is 35.5. The molecule has 3 amide bonds. The molecular formula is C29H28ClF6N3O3. The van der Waals surface area contributed by atoms with Gasteiger partial charge in [0.25, 0.3) is 17.7 Å². The first-order valence-electron chi connectivity index (χ1n) is 13.2. The highest BCUT2D eigenvalue weighted by Gasteiger charge is 2.46. The van der Waals surface area contributed by atoms with Gasteiger partial charge in [-0.2, -0.15) is 13.2 Å². The summed E-state index contributed by atoms with van der Waals surface area (Å²) in [6.45, 7) is -0.00982. The summed E-state index contributed by atoms with van der Waals surface area (Å²) in [7, 11) is 0. The van der Waals surface area contributed by atoms with E-state index in [-0.39, 0.29) is 54.1 Å². The van der Waals surface area contributed by atoms with E-state index in [9.17, 15) is 36.3 Å². The maximum atomic E-state index is 15.8. The quantitative estimate of drug-likeness (QED) is 0.325. The summed E-state index contributed by atoms with van der Waals surface area (Å²) in [6.07, 6.45) is -2.84. The van der Waals surface area contributed by atoms with Crippen LogP contribution in [0.15, 0.2) is 54.6 Å². The zero-order valence-corrected chi connectivity index (χ0v) is 23.2. The lowest BCUT2D eigenvalue weighted by Crippen LogP contribution is -2.58. The third kappa shape index (κ3) is 7.08. The van der Waals surface area contributed by atoms with E-state index < -0.39 is 60.2 Å². The second-order valence-electron chi connectivity index (χ2n) is 10.5. The maximum Gasteiger partial charge on any atom is 0.416 e. The summed E-state index contributed by atoms with van der Waals surface area (Å²) >= 11 is 6.25. The number of hydrogen-bond donors (Lipinski definition) is 1. The lowest BCUT2D eigenvalue weighted by Gasteiger charge is -2.38. The van der Waals surface area contributed by atoms with E-state index in [2.05, 4.69) is 5.32 Å². The molecule has 2 fully saturated rings. The molecule has 2 heterocycles. The van der Waals surface area contributed by atoms with Crippen molar-refractivity contribution in [3.05, 3.63) is 70.8 Å². The van der Waals surface area contributed by atoms with Gasteiger partial charge in [0.2, 0.25) is 5.91 Å². The van der Waals surface area contributed by atoms with Crippen LogP contribution in [0.1, 0.15) is 42.1 Å². The van der Waals surface area contributed by atoms with Crippen molar-refractivity contribution >= 4 is 29.3 Å². The standard InChI is InChI=1S/C29H28ClF6N3O3/c1-18(7-10-24(40)39-16-28(32,33)17-39)37-26(42)27(31)11-4-13-38(14-12-27)25(41)21-9-8-19(29(34,35)36)15-22(21)20-5-2-3-6-23(20)30/h2-3,5-10,15,18H,4,11-14,16-17H2,1H3,(H,37,42)/b10-7+/t18-,27-/m1/s1. The fourth-order valence-corrected chi connectivity index (χ4v) is 5.13. The van der Waals surface area contributed by atoms with Crippen molar-refractivity contribution in [2.24, 2.45) is 0 Å². The molecule has 2 saturated heterocycles. The number of carbonyl (C=O) groups is 3. The molecule has 0 aromatic heterocycles. The fraction of sp³-hybridized carbons (Fsp3) is 0.414. The average Bonchev–Trinajstić information content (AvgIpc) is 3.12. The Labute approximate surface area is 243 Å². The number of alkyl halides is 6. The Bertz CT molecular complexity index is 1390. The first-order chi connectivity index (χ1) is 19.6. The molecule has 0 radical (unpaired) electrons. The Morgan fingerprint density at radius 1 is 0.976 bits per heavy atom. The van der Waals surface area contributed by atoms with Crippen molar-refractivity contribution < 1.29 is 40.7 Å². The minimum atomic E-state index is -4.66. The number of amides is 3. The van der Waals surface area contributed by atoms with E-state index in [1.54, 1.807) is 12.1 Å². The van der Waals surface area contributed by atoms with Crippen molar-refractivity contribution in [1.29, 1.82) is 0 Å². The van der Waals surface area contributed by atoms with Gasteiger partial charge >= 0.3 is 6.18 Å². The van der Waals surface area contributed by atoms with Gasteiger partial charge in [0.15, 0.2) is 5.67 Å². The molecule has 1 N–H and O–H groups in total. The summed E-state index contributed by atoms with van der Waals surface area (Å²) in [4.78, 5) is 40.5. The third-order valence-corrected chi connectivity index (χ3v) is 7.59. The van der Waals surface area contributed by atoms with E-state index in [4.69, 9.17) is 11.6 Å². The molecule has 42 heavy (non-hydrogen) atoms. The fourth-order valence-electron chi connectivity index (χ4n) is 4.89. The predicted octanol–water partition coefficient (Wildman–Crippen LogP) is 5.90. The highest BCUT2D eigenvalue weighted by Crippen LogP contribution is 2.37. The van der Waals surface area contributed by atoms with Crippen molar-refractivity contribution in [2.75, 3.05) is 26.2 Å². The summed E-state index contributed by atoms with van der Waals surface area (Å²) in [6, 6.07) is 8.09. The molecule has 4 rings (SSSR count). The number of likely N-dealkylation sites (tertiary alicyclic amines) is 2. The van der Waals surface area contributed by atoms with E-state index in [0.29, 0.717) is 0 Å². The van der Waals surface area contributed by atoms with Crippen LogP contribution in [0, 0.1) is 0 Å². The lowest BCUT2D eigenvalue weighted by molar-refractivity contribution is -0.160. The van der Waals surface area contributed by atoms with E-state index in [0.717, 1.165) is 29.2 Å². The molecule has 0 unspecified atom stereocenters. The normalized spacial score (nSPS) is 21.4. The molecule has 0 aliphatic carbocycles. The van der Waals surface area contributed by atoms with Gasteiger partial charge in [-0.1, -0.05) is 35.9 Å². The predicted molar refractivity (Wildman–Crippen MR) is 144 cm³/mol. The largest absolute Gasteiger partial charge is 0.416 e. The van der Waals surface area contributed by atoms with Crippen LogP contribution in [-0.4, -0.2) is 71.3 Å². The van der Waals surface area contributed by atoms with Crippen LogP contribution in [0.4, 0.5) is 26.3 Å². The molecule has 6 nitrogen and oxygen atoms in total. The number of halogens is 7. The average molecular weight is 616 g/mol. The molecule has 2 aromatic carbocycles. The first-order valence-corrected chi connectivity index (χ1v) is 13.6. The van der Waals surface area contributed by atoms with Gasteiger partial charge in [0.1, 0.15) is 0 Å². The number of nitrogens with one attached hydrogen (secondary N) is 1. The highest BCUT2D eigenvalue weighted by molar-refractivity contribution is 6.33. The lowest BCUT2D eigenvalue weighted by atomic mass is 9.95. The maximum absolute atomic E-state index is 15.8. The number of rotatable bonds is 6. The van der Waals surface area contributed by atoms with Crippen LogP contribution in [0.3, 0.4) is 0 Å². The van der Waals surface area contributed by atoms with Crippen molar-refractivity contribution in [3.8, 4) is 11.1 Å². The van der Waals surface area contributed by atoms with E-state index in [1.807, 2.05) is 0 Å². The summed E-state index contributed by atoms with van der Waals surface area (Å²) < 4.78 is 82.2. The van der Waals surface area contributed by atoms with Crippen LogP contribution in [0.2, 0.25) is 5.02 Å². The molecule has 0 spiro atoms. The minimum Gasteiger partial charge on any atom is -0.347 e. The molecule has 226 valence electrons. The van der Waals surface area contributed by atoms with Gasteiger partial charge in [-0.15, -0.1) is 0 Å². The molecule has 2 aliphatic rings. The Kier molecular flexibility index (Phi) is 8.96. The SMILES string of the molecule is C[C@H](/C=C/C(=O)N1CC(F)(F)C1)NC(=O)[C@@]1(F)CCCN(C(=O)c2ccc(C(F)(F)F)cc2-c2ccccc2Cl)CC1. The van der Waals surface area contributed by atoms with Gasteiger partial charge in [0, 0.05) is 47.8 Å². The van der Waals surface area contributed by atoms with Crippen LogP contribution in [0.5, 0.6) is 0 Å². The summed E-state index contributed by atoms with van der Waals surface area (Å²) in [5.41, 5.74) is -3.16. The van der Waals surface area contributed by atoms with Crippen molar-refractivity contribution in [2.45, 2.75) is 50.0 Å². The van der Waals surface area contributed by atoms with Crippen LogP contribution >= 0.6 is 11.6 Å². The number of benzene rings is 2. The molecule has 2 aliphatic heterocycles. The minimum absolute atomic E-state index is 0.0222. The molecule has 0 saturated carbocycles. The Morgan fingerprint density at radius 3 is 2.31 bits per heavy atom. The summed E-state index contributed by atoms with van der Waals surface area (Å²) in [5.74, 6) is -5.15. The van der Waals surface area contributed by atoms with Gasteiger partial charge in [0.05, 0.1) is 18.7 Å². The summed E-state index contributed by atoms with van der Waals surface area (Å²) in [5, 5.41) is 2.60. The van der Waals surface area contributed by atoms with Gasteiger partial charge in [-0.25, -0.2) is 13.2 Å². The van der Waals surface area contributed by atoms with Crippen LogP contribution in [-0.2, 0) is 15.8 Å². The van der Waals surface area contributed by atoms with Crippen molar-refractivity contribution in [3.63, 3.8) is 0 Å². The smallest absolute Gasteiger partial charge is 0.347 e. The number of carbonyl (C=O) groups excluding carboxylic acids is 3. The Balaban J connectivity index is 1.45. The Morgan fingerprint density at radius 2 is 1.67 bits per heavy atom. The third-order valence-electron chi connectivity index (χ3n) is 7.26. The second kappa shape index (κ2) is 12.0. The zero-order chi connectivity index (χ0) is 30.9. The Hall–Kier alpha value is -3.54. The van der Waals surface area contributed by atoms with E-state index >= 15 is 4.39 Å². The molecular weight excluding hydrogens is 588 g/mol. The number of nitrogens with zero attached hydrogens (tertiary/aromatic N) is 2. The van der Waals surface area contributed by atoms with Gasteiger partial charge in [-0.05, 0) is 49.6 Å². The van der Waals surface area contributed by atoms with Crippen LogP contribution < -0.4 is 5.32 Å². The van der Waals surface area contributed by atoms with Gasteiger partial charge in [-0.3, -0.25) is 14.4 Å². The zero-order valence-electron chi connectivity index (χ0n) is 22.5. The molecule has 13 heteroatoms. The molecule has 0 bridgehead atoms. The van der Waals surface area contributed by atoms with Crippen LogP contribution in [0.25, 0.3) is 11.1 Å². The second-order valence-corrected chi connectivity index (χ2v) is 10.9. The van der Waals surface area contributed by atoms with Crippen molar-refractivity contribution in [1.82, 2.24) is 15.1 Å². The molecule has 2 aromatic rings. The molecule has 2 atom stereocenters. The topological polar surface area (TPSA) is 69.7 Å². The monoisotopic (exact) mass is 615 g/mol.